The van der Waals surface area contributed by atoms with E-state index >= 15 is 0 Å². The van der Waals surface area contributed by atoms with Crippen LogP contribution < -0.4 is 11.1 Å². The van der Waals surface area contributed by atoms with E-state index in [1.807, 2.05) is 60.8 Å². The van der Waals surface area contributed by atoms with Crippen LogP contribution in [0.5, 0.6) is 0 Å². The molecule has 2 heterocycles. The van der Waals surface area contributed by atoms with Crippen molar-refractivity contribution in [1.82, 2.24) is 25.2 Å². The number of nitrogens with zero attached hydrogens (tertiary/aromatic N) is 4. The second-order valence-electron chi connectivity index (χ2n) is 11.7. The van der Waals surface area contributed by atoms with Gasteiger partial charge in [0.1, 0.15) is 18.1 Å². The molecule has 10 nitrogen and oxygen atoms in total. The molecule has 0 bridgehead atoms. The number of nitrogens with one attached hydrogen (secondary N) is 1. The van der Waals surface area contributed by atoms with Crippen LogP contribution in [0, 0.1) is 5.92 Å². The number of hydrogen-bond acceptors (Lipinski definition) is 6. The van der Waals surface area contributed by atoms with Gasteiger partial charge in [-0.15, -0.1) is 5.10 Å². The zero-order valence-electron chi connectivity index (χ0n) is 22.9. The Labute approximate surface area is 238 Å². The Morgan fingerprint density at radius 2 is 1.71 bits per heavy atom. The fourth-order valence-corrected chi connectivity index (χ4v) is 5.94. The number of benzene rings is 2. The van der Waals surface area contributed by atoms with Gasteiger partial charge in [-0.25, -0.2) is 4.68 Å². The van der Waals surface area contributed by atoms with Crippen LogP contribution in [0.1, 0.15) is 61.7 Å². The molecule has 2 aliphatic carbocycles. The Hall–Kier alpha value is -4.05. The van der Waals surface area contributed by atoms with E-state index in [9.17, 15) is 19.5 Å². The summed E-state index contributed by atoms with van der Waals surface area (Å²) in [6.07, 6.45) is 6.34. The van der Waals surface area contributed by atoms with Gasteiger partial charge >= 0.3 is 0 Å². The lowest BCUT2D eigenvalue weighted by Gasteiger charge is -2.36. The quantitative estimate of drug-likeness (QED) is 0.350. The van der Waals surface area contributed by atoms with Crippen molar-refractivity contribution in [3.05, 3.63) is 72.1 Å². The van der Waals surface area contributed by atoms with Crippen LogP contribution in [0.25, 0.3) is 11.1 Å². The Balaban J connectivity index is 1.16. The van der Waals surface area contributed by atoms with E-state index in [2.05, 4.69) is 15.6 Å². The summed E-state index contributed by atoms with van der Waals surface area (Å²) in [4.78, 5) is 41.3. The molecule has 41 heavy (non-hydrogen) atoms. The largest absolute Gasteiger partial charge is 0.391 e. The van der Waals surface area contributed by atoms with Crippen LogP contribution in [0.3, 0.4) is 0 Å². The molecule has 2 saturated carbocycles. The summed E-state index contributed by atoms with van der Waals surface area (Å²) in [7, 11) is 0. The van der Waals surface area contributed by atoms with Gasteiger partial charge in [0, 0.05) is 31.5 Å². The van der Waals surface area contributed by atoms with Gasteiger partial charge in [0.15, 0.2) is 0 Å². The van der Waals surface area contributed by atoms with Crippen molar-refractivity contribution < 1.29 is 19.5 Å². The number of likely N-dealkylation sites (tertiary alicyclic amines) is 1. The third-order valence-corrected chi connectivity index (χ3v) is 8.68. The zero-order valence-corrected chi connectivity index (χ0v) is 22.9. The van der Waals surface area contributed by atoms with Crippen LogP contribution in [0.2, 0.25) is 0 Å². The minimum Gasteiger partial charge on any atom is -0.391 e. The highest BCUT2D eigenvalue weighted by Crippen LogP contribution is 2.41. The fourth-order valence-electron chi connectivity index (χ4n) is 5.94. The molecule has 0 spiro atoms. The highest BCUT2D eigenvalue weighted by atomic mass is 16.3. The van der Waals surface area contributed by atoms with Gasteiger partial charge < -0.3 is 21.1 Å². The van der Waals surface area contributed by atoms with Crippen molar-refractivity contribution in [2.45, 2.75) is 75.1 Å². The first kappa shape index (κ1) is 27.1. The van der Waals surface area contributed by atoms with Crippen molar-refractivity contribution in [3.63, 3.8) is 0 Å². The maximum Gasteiger partial charge on any atom is 0.248 e. The molecular weight excluding hydrogens is 520 g/mol. The Kier molecular flexibility index (Phi) is 7.57. The molecule has 2 aromatic carbocycles. The molecule has 3 fully saturated rings. The molecular formula is C31H36N6O4. The Morgan fingerprint density at radius 1 is 1.00 bits per heavy atom. The third-order valence-electron chi connectivity index (χ3n) is 8.68. The lowest BCUT2D eigenvalue weighted by atomic mass is 9.79. The predicted molar refractivity (Wildman–Crippen MR) is 151 cm³/mol. The van der Waals surface area contributed by atoms with Crippen LogP contribution in [0.15, 0.2) is 60.8 Å². The molecule has 4 atom stereocenters. The van der Waals surface area contributed by atoms with Crippen LogP contribution in [-0.2, 0) is 20.8 Å². The van der Waals surface area contributed by atoms with Gasteiger partial charge in [-0.2, -0.15) is 0 Å². The van der Waals surface area contributed by atoms with Crippen molar-refractivity contribution in [3.8, 4) is 11.1 Å². The Bertz CT molecular complexity index is 1400. The van der Waals surface area contributed by atoms with E-state index < -0.39 is 36.0 Å². The molecule has 3 amide bonds. The Morgan fingerprint density at radius 3 is 2.34 bits per heavy atom. The first-order valence-electron chi connectivity index (χ1n) is 14.5. The third kappa shape index (κ3) is 5.88. The number of aromatic nitrogens is 3. The highest BCUT2D eigenvalue weighted by molar-refractivity contribution is 5.93. The van der Waals surface area contributed by atoms with E-state index in [4.69, 9.17) is 5.73 Å². The lowest BCUT2D eigenvalue weighted by molar-refractivity contribution is -0.144. The number of amides is 3. The van der Waals surface area contributed by atoms with Crippen molar-refractivity contribution in [2.24, 2.45) is 11.7 Å². The van der Waals surface area contributed by atoms with Gasteiger partial charge in [-0.05, 0) is 48.3 Å². The average molecular weight is 557 g/mol. The van der Waals surface area contributed by atoms with Crippen LogP contribution in [-0.4, -0.2) is 67.5 Å². The summed E-state index contributed by atoms with van der Waals surface area (Å²) in [6.45, 7) is 0.0481. The number of rotatable bonds is 10. The summed E-state index contributed by atoms with van der Waals surface area (Å²) >= 11 is 0. The van der Waals surface area contributed by atoms with Crippen LogP contribution in [0.4, 0.5) is 0 Å². The van der Waals surface area contributed by atoms with E-state index in [1.165, 1.54) is 4.90 Å². The molecule has 0 radical (unpaired) electrons. The number of nitrogens with two attached hydrogens (primary N) is 1. The SMILES string of the molecule is NC(=O)[C@@H](Cc1ccc(-c2ccccc2)cc1)NC(=O)[C@@H]1C[C@@H](O)CN1C(=O)[C@H](C1CCC1)n1cc(C2CC2)nn1. The monoisotopic (exact) mass is 556 g/mol. The topological polar surface area (TPSA) is 143 Å². The molecule has 1 saturated heterocycles. The summed E-state index contributed by atoms with van der Waals surface area (Å²) in [5.74, 6) is -0.886. The average Bonchev–Trinajstić information content (AvgIpc) is 3.55. The number of primary amides is 1. The lowest BCUT2D eigenvalue weighted by Crippen LogP contribution is -2.54. The summed E-state index contributed by atoms with van der Waals surface area (Å²) < 4.78 is 1.66. The molecule has 214 valence electrons. The summed E-state index contributed by atoms with van der Waals surface area (Å²) in [5.41, 5.74) is 9.56. The molecule has 10 heteroatoms. The van der Waals surface area contributed by atoms with E-state index in [0.717, 1.165) is 54.5 Å². The normalized spacial score (nSPS) is 22.1. The van der Waals surface area contributed by atoms with E-state index in [1.54, 1.807) is 4.68 Å². The molecule has 4 N–H and O–H groups in total. The van der Waals surface area contributed by atoms with Crippen molar-refractivity contribution in [2.75, 3.05) is 6.54 Å². The first-order valence-corrected chi connectivity index (χ1v) is 14.5. The van der Waals surface area contributed by atoms with Gasteiger partial charge in [0.05, 0.1) is 11.8 Å². The standard InChI is InChI=1S/C31H36N6O4/c32-29(39)25(15-19-9-11-21(12-10-19)20-5-2-1-3-6-20)33-30(40)27-16-24(38)17-36(27)31(41)28(23-7-4-8-23)37-18-26(34-35-37)22-13-14-22/h1-3,5-6,9-12,18,22-25,27-28,38H,4,7-8,13-17H2,(H2,32,39)(H,33,40)/t24-,25-,27+,28+/m1/s1. The first-order chi connectivity index (χ1) is 19.9. The molecule has 6 rings (SSSR count). The molecule has 3 aliphatic rings. The van der Waals surface area contributed by atoms with E-state index in [0.29, 0.717) is 5.92 Å². The number of carbonyl (C=O) groups is 3. The maximum absolute atomic E-state index is 13.9. The smallest absolute Gasteiger partial charge is 0.248 e. The minimum atomic E-state index is -0.960. The van der Waals surface area contributed by atoms with Crippen LogP contribution >= 0.6 is 0 Å². The number of β-amino-alcohol motifs (C(OH)–C–C–N with tert-alkyl or cyclic N) is 1. The molecule has 3 aromatic rings. The summed E-state index contributed by atoms with van der Waals surface area (Å²) in [5, 5.41) is 21.9. The van der Waals surface area contributed by atoms with E-state index in [-0.39, 0.29) is 31.2 Å². The zero-order chi connectivity index (χ0) is 28.5. The molecule has 1 aliphatic heterocycles. The van der Waals surface area contributed by atoms with Crippen molar-refractivity contribution >= 4 is 17.7 Å². The molecule has 1 aromatic heterocycles. The number of aliphatic hydroxyl groups is 1. The maximum atomic E-state index is 13.9. The van der Waals surface area contributed by atoms with Gasteiger partial charge in [-0.1, -0.05) is 66.2 Å². The second-order valence-corrected chi connectivity index (χ2v) is 11.7. The summed E-state index contributed by atoms with van der Waals surface area (Å²) in [6, 6.07) is 15.3. The fraction of sp³-hybridized carbons (Fsp3) is 0.452. The predicted octanol–water partition coefficient (Wildman–Crippen LogP) is 2.34. The molecule has 0 unspecified atom stereocenters. The number of hydrogen-bond donors (Lipinski definition) is 3. The second kappa shape index (κ2) is 11.4. The highest BCUT2D eigenvalue weighted by Gasteiger charge is 2.45. The van der Waals surface area contributed by atoms with Crippen molar-refractivity contribution in [1.29, 1.82) is 0 Å². The van der Waals surface area contributed by atoms with Gasteiger partial charge in [0.25, 0.3) is 0 Å². The van der Waals surface area contributed by atoms with Gasteiger partial charge in [-0.3, -0.25) is 14.4 Å². The number of carbonyl (C=O) groups excluding carboxylic acids is 3. The number of aliphatic hydroxyl groups excluding tert-OH is 1. The minimum absolute atomic E-state index is 0.0481. The van der Waals surface area contributed by atoms with Gasteiger partial charge in [0.2, 0.25) is 17.7 Å².